The van der Waals surface area contributed by atoms with E-state index in [0.29, 0.717) is 12.5 Å². The topological polar surface area (TPSA) is 65.5 Å². The molecule has 0 amide bonds. The Morgan fingerprint density at radius 2 is 1.84 bits per heavy atom. The first-order valence-electron chi connectivity index (χ1n) is 13.9. The fourth-order valence-electron chi connectivity index (χ4n) is 5.53. The van der Waals surface area contributed by atoms with Gasteiger partial charge in [0, 0.05) is 31.7 Å². The summed E-state index contributed by atoms with van der Waals surface area (Å²) in [5, 5.41) is 0. The van der Waals surface area contributed by atoms with Crippen LogP contribution in [0.3, 0.4) is 0 Å². The predicted octanol–water partition coefficient (Wildman–Crippen LogP) is 5.01. The summed E-state index contributed by atoms with van der Waals surface area (Å²) in [5.41, 5.74) is 10.8. The monoisotopic (exact) mass is 502 g/mol. The molecule has 2 aliphatic rings. The van der Waals surface area contributed by atoms with Gasteiger partial charge in [0.05, 0.1) is 23.1 Å². The number of hydrogen-bond donors (Lipinski definition) is 1. The van der Waals surface area contributed by atoms with Gasteiger partial charge >= 0.3 is 0 Å². The van der Waals surface area contributed by atoms with E-state index in [1.54, 1.807) is 0 Å². The lowest BCUT2D eigenvalue weighted by atomic mass is 9.93. The Balaban J connectivity index is 1.13. The first-order valence-corrected chi connectivity index (χ1v) is 13.9. The molecule has 1 fully saturated rings. The highest BCUT2D eigenvalue weighted by atomic mass is 16.5. The van der Waals surface area contributed by atoms with Crippen LogP contribution in [-0.2, 0) is 27.9 Å². The minimum Gasteiger partial charge on any atom is -0.495 e. The third-order valence-electron chi connectivity index (χ3n) is 7.92. The summed E-state index contributed by atoms with van der Waals surface area (Å²) in [5.74, 6) is 2.80. The van der Waals surface area contributed by atoms with Crippen LogP contribution in [0, 0.1) is 0 Å². The van der Waals surface area contributed by atoms with Crippen molar-refractivity contribution in [2.24, 2.45) is 5.73 Å². The molecule has 2 aromatic carbocycles. The zero-order chi connectivity index (χ0) is 25.8. The molecule has 1 aliphatic heterocycles. The van der Waals surface area contributed by atoms with Crippen molar-refractivity contribution >= 4 is 11.0 Å². The molecule has 0 bridgehead atoms. The number of nitrogens with two attached hydrogens (primary N) is 1. The van der Waals surface area contributed by atoms with Crippen LogP contribution in [0.2, 0.25) is 0 Å². The maximum absolute atomic E-state index is 5.85. The molecule has 0 radical (unpaired) electrons. The summed E-state index contributed by atoms with van der Waals surface area (Å²) in [6.45, 7) is 12.5. The number of aromatic nitrogens is 2. The Labute approximate surface area is 221 Å². The van der Waals surface area contributed by atoms with Crippen LogP contribution in [-0.4, -0.2) is 59.9 Å². The lowest BCUT2D eigenvalue weighted by molar-refractivity contribution is 0.138. The summed E-state index contributed by atoms with van der Waals surface area (Å²) >= 11 is 0. The number of ether oxygens (including phenoxy) is 2. The molecule has 2 N–H and O–H groups in total. The fraction of sp³-hybridized carbons (Fsp3) is 0.516. The minimum absolute atomic E-state index is 0.0555. The van der Waals surface area contributed by atoms with Gasteiger partial charge in [0.2, 0.25) is 0 Å². The molecule has 6 nitrogen and oxygen atoms in total. The van der Waals surface area contributed by atoms with Gasteiger partial charge in [-0.25, -0.2) is 4.98 Å². The number of benzene rings is 2. The third kappa shape index (κ3) is 5.92. The summed E-state index contributed by atoms with van der Waals surface area (Å²) in [6.07, 6.45) is 5.59. The van der Waals surface area contributed by atoms with Gasteiger partial charge in [0.25, 0.3) is 0 Å². The highest BCUT2D eigenvalue weighted by Gasteiger charge is 2.43. The Bertz CT molecular complexity index is 1210. The summed E-state index contributed by atoms with van der Waals surface area (Å²) in [6, 6.07) is 17.6. The van der Waals surface area contributed by atoms with Gasteiger partial charge in [0.15, 0.2) is 0 Å². The fourth-order valence-corrected chi connectivity index (χ4v) is 5.53. The average molecular weight is 503 g/mol. The number of piperidine rings is 1. The van der Waals surface area contributed by atoms with Crippen molar-refractivity contribution < 1.29 is 9.47 Å². The number of likely N-dealkylation sites (tertiary alicyclic amines) is 1. The van der Waals surface area contributed by atoms with Crippen LogP contribution < -0.4 is 5.73 Å². The second kappa shape index (κ2) is 11.4. The Morgan fingerprint density at radius 3 is 2.57 bits per heavy atom. The molecule has 2 unspecified atom stereocenters. The molecule has 2 atom stereocenters. The van der Waals surface area contributed by atoms with Gasteiger partial charge in [0.1, 0.15) is 18.2 Å². The van der Waals surface area contributed by atoms with E-state index in [9.17, 15) is 0 Å². The number of fused-ring (bicyclic) bond motifs is 1. The number of imidazole rings is 1. The number of rotatable bonds is 12. The van der Waals surface area contributed by atoms with Crippen LogP contribution in [0.5, 0.6) is 0 Å². The van der Waals surface area contributed by atoms with E-state index in [0.717, 1.165) is 69.9 Å². The Kier molecular flexibility index (Phi) is 7.98. The summed E-state index contributed by atoms with van der Waals surface area (Å²) in [7, 11) is 0. The van der Waals surface area contributed by atoms with E-state index in [-0.39, 0.29) is 11.5 Å². The second-order valence-electron chi connectivity index (χ2n) is 10.9. The van der Waals surface area contributed by atoms with Crippen LogP contribution in [0.1, 0.15) is 56.5 Å². The molecule has 3 aromatic rings. The molecule has 1 aromatic heterocycles. The predicted molar refractivity (Wildman–Crippen MR) is 150 cm³/mol. The lowest BCUT2D eigenvalue weighted by Crippen LogP contribution is -2.35. The van der Waals surface area contributed by atoms with Crippen LogP contribution in [0.4, 0.5) is 0 Å². The first-order chi connectivity index (χ1) is 18.0. The lowest BCUT2D eigenvalue weighted by Gasteiger charge is -2.32. The van der Waals surface area contributed by atoms with Gasteiger partial charge in [-0.05, 0) is 82.5 Å². The van der Waals surface area contributed by atoms with E-state index >= 15 is 0 Å². The van der Waals surface area contributed by atoms with Crippen molar-refractivity contribution in [1.82, 2.24) is 14.5 Å². The largest absolute Gasteiger partial charge is 0.495 e. The maximum atomic E-state index is 5.85. The molecule has 1 saturated heterocycles. The zero-order valence-corrected chi connectivity index (χ0v) is 22.7. The van der Waals surface area contributed by atoms with E-state index in [1.165, 1.54) is 22.5 Å². The molecule has 1 aliphatic carbocycles. The van der Waals surface area contributed by atoms with Crippen molar-refractivity contribution in [3.8, 4) is 0 Å². The number of para-hydroxylation sites is 2. The van der Waals surface area contributed by atoms with Crippen LogP contribution >= 0.6 is 0 Å². The van der Waals surface area contributed by atoms with Crippen molar-refractivity contribution in [1.29, 1.82) is 0 Å². The van der Waals surface area contributed by atoms with Crippen LogP contribution in [0.15, 0.2) is 60.4 Å². The standard InChI is InChI=1S/C31H42N4O2/c1-4-36-20-19-35-28-8-6-5-7-27(28)33-30(35)25-14-17-34(18-15-25)16-13-24-9-11-26(12-10-24)31(3)21-29(31)37-22-23(2)32/h5-12,21,23,25H,4,13-20,22,32H2,1-3H3. The Hall–Kier alpha value is -2.67. The molecule has 0 spiro atoms. The van der Waals surface area contributed by atoms with Crippen LogP contribution in [0.25, 0.3) is 11.0 Å². The van der Waals surface area contributed by atoms with Crippen molar-refractivity contribution in [2.75, 3.05) is 39.5 Å². The summed E-state index contributed by atoms with van der Waals surface area (Å²) < 4.78 is 13.9. The van der Waals surface area contributed by atoms with E-state index in [4.69, 9.17) is 20.2 Å². The van der Waals surface area contributed by atoms with E-state index in [1.807, 2.05) is 6.92 Å². The van der Waals surface area contributed by atoms with Gasteiger partial charge < -0.3 is 24.7 Å². The zero-order valence-electron chi connectivity index (χ0n) is 22.7. The average Bonchev–Trinajstić information content (AvgIpc) is 3.45. The molecule has 6 heteroatoms. The molecule has 0 saturated carbocycles. The van der Waals surface area contributed by atoms with Gasteiger partial charge in [-0.3, -0.25) is 0 Å². The quantitative estimate of drug-likeness (QED) is 0.353. The normalized spacial score (nSPS) is 21.2. The van der Waals surface area contributed by atoms with Crippen molar-refractivity contribution in [3.63, 3.8) is 0 Å². The molecular formula is C31H42N4O2. The van der Waals surface area contributed by atoms with Gasteiger partial charge in [-0.2, -0.15) is 0 Å². The molecule has 198 valence electrons. The molecule has 37 heavy (non-hydrogen) atoms. The Morgan fingerprint density at radius 1 is 1.08 bits per heavy atom. The number of hydrogen-bond acceptors (Lipinski definition) is 5. The maximum Gasteiger partial charge on any atom is 0.113 e. The van der Waals surface area contributed by atoms with Crippen molar-refractivity contribution in [2.45, 2.75) is 64.0 Å². The second-order valence-corrected chi connectivity index (χ2v) is 10.9. The molecule has 2 heterocycles. The van der Waals surface area contributed by atoms with Gasteiger partial charge in [-0.1, -0.05) is 36.4 Å². The SMILES string of the molecule is CCOCCn1c(C2CCN(CCc3ccc(C4(C)C=C4OCC(C)N)cc3)CC2)nc2ccccc21. The third-order valence-corrected chi connectivity index (χ3v) is 7.92. The smallest absolute Gasteiger partial charge is 0.113 e. The highest BCUT2D eigenvalue weighted by Crippen LogP contribution is 2.46. The minimum atomic E-state index is -0.0610. The summed E-state index contributed by atoms with van der Waals surface area (Å²) in [4.78, 5) is 7.67. The van der Waals surface area contributed by atoms with Gasteiger partial charge in [-0.15, -0.1) is 0 Å². The van der Waals surface area contributed by atoms with E-state index < -0.39 is 0 Å². The molecular weight excluding hydrogens is 460 g/mol. The first kappa shape index (κ1) is 26.0. The number of allylic oxidation sites excluding steroid dienone is 2. The molecule has 5 rings (SSSR count). The van der Waals surface area contributed by atoms with Crippen molar-refractivity contribution in [3.05, 3.63) is 77.3 Å². The highest BCUT2D eigenvalue weighted by molar-refractivity contribution is 5.76. The van der Waals surface area contributed by atoms with E-state index in [2.05, 4.69) is 77.9 Å². The number of nitrogens with zero attached hydrogens (tertiary/aromatic N) is 3.